The summed E-state index contributed by atoms with van der Waals surface area (Å²) in [4.78, 5) is 10.2. The lowest BCUT2D eigenvalue weighted by atomic mass is 9.96. The molecule has 0 saturated carbocycles. The van der Waals surface area contributed by atoms with Gasteiger partial charge < -0.3 is 5.41 Å². The summed E-state index contributed by atoms with van der Waals surface area (Å²) in [5.41, 5.74) is 11.1. The molecule has 0 fully saturated rings. The monoisotopic (exact) mass is 603 g/mol. The van der Waals surface area contributed by atoms with Gasteiger partial charge in [0.2, 0.25) is 0 Å². The van der Waals surface area contributed by atoms with Crippen LogP contribution in [-0.4, -0.2) is 12.5 Å². The SMILES string of the molecule is C#C.CC(C)=C/C(=C\C(C)=C(/C)C=N)c1ccccc1C.CCCc1cccc(CC)c1.FF.O=Cc1cccc(CF)c1. The highest BCUT2D eigenvalue weighted by Gasteiger charge is 2.03. The maximum Gasteiger partial charge on any atom is 0.150 e. The molecule has 5 heteroatoms. The Morgan fingerprint density at radius 1 is 0.795 bits per heavy atom. The van der Waals surface area contributed by atoms with E-state index in [1.165, 1.54) is 58.5 Å². The minimum Gasteiger partial charge on any atom is -0.308 e. The Balaban J connectivity index is 0. The van der Waals surface area contributed by atoms with E-state index in [1.807, 2.05) is 6.92 Å². The van der Waals surface area contributed by atoms with Crippen molar-refractivity contribution in [3.8, 4) is 12.8 Å². The summed E-state index contributed by atoms with van der Waals surface area (Å²) >= 11 is 0. The number of carbonyl (C=O) groups excluding carboxylic acids is 1. The average Bonchev–Trinajstić information content (AvgIpc) is 3.06. The van der Waals surface area contributed by atoms with Gasteiger partial charge >= 0.3 is 0 Å². The summed E-state index contributed by atoms with van der Waals surface area (Å²) in [7, 11) is 0. The molecule has 0 bridgehead atoms. The number of aldehydes is 1. The first-order valence-corrected chi connectivity index (χ1v) is 14.4. The molecule has 236 valence electrons. The second kappa shape index (κ2) is 26.2. The first-order valence-electron chi connectivity index (χ1n) is 14.4. The van der Waals surface area contributed by atoms with Gasteiger partial charge in [0.05, 0.1) is 0 Å². The van der Waals surface area contributed by atoms with Crippen LogP contribution in [0.2, 0.25) is 0 Å². The molecule has 0 unspecified atom stereocenters. The van der Waals surface area contributed by atoms with Crippen molar-refractivity contribution in [1.82, 2.24) is 0 Å². The van der Waals surface area contributed by atoms with Crippen LogP contribution in [-0.2, 0) is 19.5 Å². The smallest absolute Gasteiger partial charge is 0.150 e. The number of carbonyl (C=O) groups is 1. The highest BCUT2D eigenvalue weighted by molar-refractivity contribution is 5.82. The molecule has 0 atom stereocenters. The number of alkyl halides is 1. The Hall–Kier alpha value is -4.43. The van der Waals surface area contributed by atoms with Gasteiger partial charge in [-0.1, -0.05) is 105 Å². The van der Waals surface area contributed by atoms with Crippen molar-refractivity contribution >= 4 is 18.1 Å². The highest BCUT2D eigenvalue weighted by Crippen LogP contribution is 2.23. The second-order valence-corrected chi connectivity index (χ2v) is 10.1. The predicted molar refractivity (Wildman–Crippen MR) is 184 cm³/mol. The van der Waals surface area contributed by atoms with Crippen LogP contribution in [0.15, 0.2) is 102 Å². The number of nitrogens with one attached hydrogen (secondary N) is 1. The molecule has 0 aliphatic carbocycles. The largest absolute Gasteiger partial charge is 0.308 e. The molecule has 0 aliphatic rings. The van der Waals surface area contributed by atoms with E-state index in [2.05, 4.69) is 115 Å². The van der Waals surface area contributed by atoms with Gasteiger partial charge in [-0.05, 0) is 98.1 Å². The summed E-state index contributed by atoms with van der Waals surface area (Å²) in [6.45, 7) is 14.3. The van der Waals surface area contributed by atoms with Gasteiger partial charge in [0.1, 0.15) is 13.0 Å². The standard InChI is InChI=1S/C18H23N.C11H16.C8H7FO.C2H2.F2/c1-13(2)10-17(11-15(4)16(5)12-19)18-9-7-6-8-14(18)3;1-3-6-11-8-5-7-10(4-2)9-11;9-5-7-2-1-3-8(4-7)6-10;2*1-2/h6-12,19H,1-5H3;5,7-9H,3-4,6H2,1-2H3;1-4,6H,5H2;1-2H;/b16-15+,17-11+,19-12?;;;;. The van der Waals surface area contributed by atoms with Crippen molar-refractivity contribution in [2.24, 2.45) is 0 Å². The minimum absolute atomic E-state index is 0.512. The van der Waals surface area contributed by atoms with Gasteiger partial charge in [-0.2, -0.15) is 0 Å². The number of hydrogen-bond donors (Lipinski definition) is 1. The summed E-state index contributed by atoms with van der Waals surface area (Å²) in [6, 6.07) is 23.8. The topological polar surface area (TPSA) is 40.9 Å². The van der Waals surface area contributed by atoms with Crippen molar-refractivity contribution in [3.05, 3.63) is 135 Å². The zero-order chi connectivity index (χ0) is 33.9. The molecule has 3 aromatic rings. The first-order chi connectivity index (χ1) is 21.2. The van der Waals surface area contributed by atoms with Crippen molar-refractivity contribution < 1.29 is 18.3 Å². The number of hydrogen-bond acceptors (Lipinski definition) is 2. The average molecular weight is 604 g/mol. The van der Waals surface area contributed by atoms with Crippen LogP contribution in [0.1, 0.15) is 86.1 Å². The van der Waals surface area contributed by atoms with Crippen molar-refractivity contribution in [2.75, 3.05) is 0 Å². The molecule has 0 aliphatic heterocycles. The summed E-state index contributed by atoms with van der Waals surface area (Å²) in [5, 5.41) is 7.34. The molecular formula is C39H48F3NO. The molecule has 0 aromatic heterocycles. The molecular weight excluding hydrogens is 555 g/mol. The first kappa shape index (κ1) is 41.7. The van der Waals surface area contributed by atoms with E-state index in [4.69, 9.17) is 14.6 Å². The number of rotatable bonds is 9. The molecule has 0 radical (unpaired) electrons. The Bertz CT molecular complexity index is 1360. The maximum absolute atomic E-state index is 11.9. The van der Waals surface area contributed by atoms with Crippen LogP contribution in [0.4, 0.5) is 13.5 Å². The normalized spacial score (nSPS) is 10.3. The van der Waals surface area contributed by atoms with E-state index < -0.39 is 6.67 Å². The molecule has 3 aromatic carbocycles. The summed E-state index contributed by atoms with van der Waals surface area (Å²) < 4.78 is 27.9. The Morgan fingerprint density at radius 3 is 1.91 bits per heavy atom. The van der Waals surface area contributed by atoms with E-state index in [1.54, 1.807) is 18.2 Å². The minimum atomic E-state index is -0.512. The quantitative estimate of drug-likeness (QED) is 0.112. The third-order valence-electron chi connectivity index (χ3n) is 6.29. The van der Waals surface area contributed by atoms with Crippen LogP contribution in [0.25, 0.3) is 5.57 Å². The lowest BCUT2D eigenvalue weighted by molar-refractivity contribution is 0.108. The van der Waals surface area contributed by atoms with Crippen LogP contribution in [0.5, 0.6) is 0 Å². The zero-order valence-electron chi connectivity index (χ0n) is 27.3. The summed E-state index contributed by atoms with van der Waals surface area (Å²) in [6.07, 6.45) is 18.1. The summed E-state index contributed by atoms with van der Waals surface area (Å²) in [5.74, 6) is 0. The highest BCUT2D eigenvalue weighted by atomic mass is 20.0. The molecule has 0 spiro atoms. The predicted octanol–water partition coefficient (Wildman–Crippen LogP) is 11.6. The van der Waals surface area contributed by atoms with Crippen LogP contribution in [0.3, 0.4) is 0 Å². The van der Waals surface area contributed by atoms with Gasteiger partial charge in [-0.25, -0.2) is 4.39 Å². The van der Waals surface area contributed by atoms with E-state index in [9.17, 15) is 9.18 Å². The zero-order valence-corrected chi connectivity index (χ0v) is 27.3. The molecule has 44 heavy (non-hydrogen) atoms. The molecule has 2 nitrogen and oxygen atoms in total. The fraction of sp³-hybridized carbons (Fsp3) is 0.282. The van der Waals surface area contributed by atoms with Gasteiger partial charge in [-0.3, -0.25) is 4.79 Å². The third-order valence-corrected chi connectivity index (χ3v) is 6.29. The van der Waals surface area contributed by atoms with Gasteiger partial charge in [0.15, 0.2) is 0 Å². The Morgan fingerprint density at radius 2 is 1.39 bits per heavy atom. The molecule has 1 N–H and O–H groups in total. The Kier molecular flexibility index (Phi) is 24.8. The van der Waals surface area contributed by atoms with Gasteiger partial charge in [-0.15, -0.1) is 12.8 Å². The fourth-order valence-electron chi connectivity index (χ4n) is 3.91. The fourth-order valence-corrected chi connectivity index (χ4v) is 3.91. The lowest BCUT2D eigenvalue weighted by Gasteiger charge is -2.09. The van der Waals surface area contributed by atoms with Gasteiger partial charge in [0, 0.05) is 20.9 Å². The van der Waals surface area contributed by atoms with E-state index in [0.717, 1.165) is 17.6 Å². The number of halogens is 3. The van der Waals surface area contributed by atoms with Crippen molar-refractivity contribution in [3.63, 3.8) is 0 Å². The molecule has 0 amide bonds. The number of benzene rings is 3. The van der Waals surface area contributed by atoms with Crippen molar-refractivity contribution in [1.29, 1.82) is 5.41 Å². The number of terminal acetylenes is 1. The van der Waals surface area contributed by atoms with Crippen LogP contribution < -0.4 is 0 Å². The third kappa shape index (κ3) is 17.5. The van der Waals surface area contributed by atoms with Crippen molar-refractivity contribution in [2.45, 2.75) is 74.4 Å². The Labute approximate surface area is 263 Å². The molecule has 3 rings (SSSR count). The maximum atomic E-state index is 11.9. The molecule has 0 saturated heterocycles. The second-order valence-electron chi connectivity index (χ2n) is 10.1. The van der Waals surface area contributed by atoms with Crippen LogP contribution >= 0.6 is 0 Å². The number of aryl methyl sites for hydroxylation is 3. The number of allylic oxidation sites excluding steroid dienone is 6. The van der Waals surface area contributed by atoms with Crippen LogP contribution in [0, 0.1) is 25.2 Å². The molecule has 0 heterocycles. The van der Waals surface area contributed by atoms with E-state index in [0.29, 0.717) is 17.4 Å². The lowest BCUT2D eigenvalue weighted by Crippen LogP contribution is -1.89. The van der Waals surface area contributed by atoms with Gasteiger partial charge in [0.25, 0.3) is 0 Å². The van der Waals surface area contributed by atoms with E-state index in [-0.39, 0.29) is 0 Å². The van der Waals surface area contributed by atoms with E-state index >= 15 is 0 Å².